The van der Waals surface area contributed by atoms with E-state index in [4.69, 9.17) is 4.42 Å². The molecule has 4 amide bonds. The summed E-state index contributed by atoms with van der Waals surface area (Å²) in [6, 6.07) is 20.3. The molecule has 4 fully saturated rings. The van der Waals surface area contributed by atoms with E-state index in [2.05, 4.69) is 5.43 Å². The van der Waals surface area contributed by atoms with Crippen LogP contribution in [0.4, 0.5) is 5.69 Å². The monoisotopic (exact) mass is 633 g/mol. The van der Waals surface area contributed by atoms with E-state index in [1.807, 2.05) is 67.6 Å². The van der Waals surface area contributed by atoms with Crippen LogP contribution in [0, 0.1) is 30.6 Å². The molecule has 3 aromatic rings. The molecule has 1 aromatic heterocycles. The molecule has 9 nitrogen and oxygen atoms in total. The molecule has 0 spiro atoms. The second-order valence-electron chi connectivity index (χ2n) is 13.9. The topological polar surface area (TPSA) is 120 Å². The summed E-state index contributed by atoms with van der Waals surface area (Å²) in [4.78, 5) is 59.6. The Labute approximate surface area is 273 Å². The maximum Gasteiger partial charge on any atom is 0.260 e. The zero-order chi connectivity index (χ0) is 32.4. The number of carbonyl (C=O) groups is 4. The number of nitrogens with zero attached hydrogens (tertiary/aromatic N) is 2. The minimum absolute atomic E-state index is 0.0818. The molecule has 2 aliphatic heterocycles. The highest BCUT2D eigenvalue weighted by Crippen LogP contribution is 2.64. The standard InChI is InChI=1S/C38H39N3O6/c1-22-12-14-24(15-13-22)39-41-35(44)30-20-29-27(17-18-28-32(29)36(45)40(34(28)43)25-10-6-3-7-11-25)33(31-19-16-26(21-42)47-31)38(30,37(41)46)23-8-4-2-5-9-23/h2,4-5,8-9,12-17,19,25,28-30,32-33,39,42H,3,6-7,10-11,18,20-21H2,1H3. The van der Waals surface area contributed by atoms with Crippen molar-refractivity contribution >= 4 is 29.3 Å². The molecule has 2 N–H and O–H groups in total. The van der Waals surface area contributed by atoms with Gasteiger partial charge >= 0.3 is 0 Å². The van der Waals surface area contributed by atoms with Gasteiger partial charge < -0.3 is 9.52 Å². The number of nitrogens with one attached hydrogen (secondary N) is 1. The van der Waals surface area contributed by atoms with Gasteiger partial charge in [-0.05, 0) is 68.4 Å². The van der Waals surface area contributed by atoms with E-state index >= 15 is 4.79 Å². The second-order valence-corrected chi connectivity index (χ2v) is 13.9. The van der Waals surface area contributed by atoms with Gasteiger partial charge in [0.05, 0.1) is 29.4 Å². The van der Waals surface area contributed by atoms with Crippen molar-refractivity contribution in [2.24, 2.45) is 23.7 Å². The van der Waals surface area contributed by atoms with Gasteiger partial charge in [-0.2, -0.15) is 5.01 Å². The highest BCUT2D eigenvalue weighted by molar-refractivity contribution is 6.13. The molecule has 6 atom stereocenters. The predicted molar refractivity (Wildman–Crippen MR) is 172 cm³/mol. The minimum Gasteiger partial charge on any atom is -0.463 e. The molecule has 3 heterocycles. The summed E-state index contributed by atoms with van der Waals surface area (Å²) in [5, 5.41) is 11.1. The lowest BCUT2D eigenvalue weighted by atomic mass is 9.50. The number of hydrazine groups is 1. The molecule has 3 aliphatic carbocycles. The van der Waals surface area contributed by atoms with Gasteiger partial charge in [0.2, 0.25) is 11.8 Å². The molecule has 242 valence electrons. The molecule has 2 saturated carbocycles. The molecule has 2 aromatic carbocycles. The quantitative estimate of drug-likeness (QED) is 0.276. The highest BCUT2D eigenvalue weighted by atomic mass is 16.4. The number of aliphatic hydroxyl groups is 1. The lowest BCUT2D eigenvalue weighted by Gasteiger charge is -2.49. The molecule has 8 rings (SSSR count). The molecule has 5 aliphatic rings. The molecular formula is C38H39N3O6. The average molecular weight is 634 g/mol. The van der Waals surface area contributed by atoms with Crippen LogP contribution in [0.25, 0.3) is 0 Å². The smallest absolute Gasteiger partial charge is 0.260 e. The van der Waals surface area contributed by atoms with E-state index in [0.717, 1.165) is 48.2 Å². The largest absolute Gasteiger partial charge is 0.463 e. The van der Waals surface area contributed by atoms with Gasteiger partial charge in [-0.15, -0.1) is 0 Å². The van der Waals surface area contributed by atoms with Crippen molar-refractivity contribution in [2.45, 2.75) is 75.9 Å². The first-order chi connectivity index (χ1) is 22.8. The molecule has 6 unspecified atom stereocenters. The van der Waals surface area contributed by atoms with Gasteiger partial charge in [0, 0.05) is 6.04 Å². The van der Waals surface area contributed by atoms with Crippen molar-refractivity contribution in [2.75, 3.05) is 5.43 Å². The van der Waals surface area contributed by atoms with Crippen molar-refractivity contribution in [1.82, 2.24) is 9.91 Å². The number of imide groups is 2. The Kier molecular flexibility index (Phi) is 7.20. The van der Waals surface area contributed by atoms with E-state index in [-0.39, 0.29) is 36.8 Å². The zero-order valence-electron chi connectivity index (χ0n) is 26.4. The van der Waals surface area contributed by atoms with E-state index in [1.54, 1.807) is 17.0 Å². The van der Waals surface area contributed by atoms with E-state index in [0.29, 0.717) is 29.2 Å². The van der Waals surface area contributed by atoms with Crippen LogP contribution in [0.3, 0.4) is 0 Å². The Morgan fingerprint density at radius 1 is 0.872 bits per heavy atom. The Balaban J connectivity index is 1.29. The van der Waals surface area contributed by atoms with E-state index < -0.39 is 40.9 Å². The van der Waals surface area contributed by atoms with Gasteiger partial charge in [-0.25, -0.2) is 0 Å². The summed E-state index contributed by atoms with van der Waals surface area (Å²) in [6.07, 6.45) is 7.45. The number of likely N-dealkylation sites (tertiary alicyclic amines) is 1. The second kappa shape index (κ2) is 11.3. The summed E-state index contributed by atoms with van der Waals surface area (Å²) in [5.41, 5.74) is 4.92. The van der Waals surface area contributed by atoms with Gasteiger partial charge in [0.25, 0.3) is 11.8 Å². The van der Waals surface area contributed by atoms with Crippen molar-refractivity contribution in [3.8, 4) is 0 Å². The maximum atomic E-state index is 15.1. The summed E-state index contributed by atoms with van der Waals surface area (Å²) in [7, 11) is 0. The summed E-state index contributed by atoms with van der Waals surface area (Å²) in [5.74, 6) is -3.30. The lowest BCUT2D eigenvalue weighted by Crippen LogP contribution is -2.53. The number of hydrogen-bond acceptors (Lipinski definition) is 7. The van der Waals surface area contributed by atoms with Crippen LogP contribution in [0.5, 0.6) is 0 Å². The summed E-state index contributed by atoms with van der Waals surface area (Å²) >= 11 is 0. The van der Waals surface area contributed by atoms with Crippen LogP contribution in [0.2, 0.25) is 0 Å². The number of benzene rings is 2. The Hall–Kier alpha value is -4.50. The number of furan rings is 1. The Morgan fingerprint density at radius 3 is 2.32 bits per heavy atom. The number of aliphatic hydroxyl groups excluding tert-OH is 1. The minimum atomic E-state index is -1.38. The number of aryl methyl sites for hydroxylation is 1. The molecule has 2 saturated heterocycles. The maximum absolute atomic E-state index is 15.1. The number of anilines is 1. The fraction of sp³-hybridized carbons (Fsp3) is 0.421. The number of carbonyl (C=O) groups excluding carboxylic acids is 4. The van der Waals surface area contributed by atoms with Crippen molar-refractivity contribution in [3.63, 3.8) is 0 Å². The number of allylic oxidation sites excluding steroid dienone is 2. The molecule has 47 heavy (non-hydrogen) atoms. The fourth-order valence-electron chi connectivity index (χ4n) is 9.41. The summed E-state index contributed by atoms with van der Waals surface area (Å²) in [6.45, 7) is 1.65. The Bertz CT molecular complexity index is 1770. The van der Waals surface area contributed by atoms with E-state index in [1.165, 1.54) is 0 Å². The lowest BCUT2D eigenvalue weighted by molar-refractivity contribution is -0.144. The van der Waals surface area contributed by atoms with Crippen LogP contribution >= 0.6 is 0 Å². The molecule has 0 radical (unpaired) electrons. The van der Waals surface area contributed by atoms with Crippen molar-refractivity contribution in [3.05, 3.63) is 101 Å². The fourth-order valence-corrected chi connectivity index (χ4v) is 9.41. The van der Waals surface area contributed by atoms with Gasteiger partial charge in [-0.3, -0.25) is 29.5 Å². The number of amides is 4. The first-order valence-corrected chi connectivity index (χ1v) is 16.9. The van der Waals surface area contributed by atoms with Crippen LogP contribution in [0.1, 0.15) is 73.5 Å². The Morgan fingerprint density at radius 2 is 1.62 bits per heavy atom. The highest BCUT2D eigenvalue weighted by Gasteiger charge is 2.71. The SMILES string of the molecule is Cc1ccc(NN2C(=O)C3CC4C(=CCC5C(=O)N(C6CCCCC6)C(=O)C54)C(c4ccc(CO)o4)C3(c3ccccc3)C2=O)cc1. The van der Waals surface area contributed by atoms with Gasteiger partial charge in [0.15, 0.2) is 0 Å². The number of rotatable bonds is 6. The van der Waals surface area contributed by atoms with Gasteiger partial charge in [-0.1, -0.05) is 78.9 Å². The van der Waals surface area contributed by atoms with Crippen molar-refractivity contribution in [1.29, 1.82) is 0 Å². The number of hydrogen-bond donors (Lipinski definition) is 2. The zero-order valence-corrected chi connectivity index (χ0v) is 26.4. The molecule has 0 bridgehead atoms. The molecule has 9 heteroatoms. The molecular weight excluding hydrogens is 594 g/mol. The third kappa shape index (κ3) is 4.39. The third-order valence-corrected chi connectivity index (χ3v) is 11.5. The normalized spacial score (nSPS) is 30.7. The van der Waals surface area contributed by atoms with E-state index in [9.17, 15) is 19.5 Å². The first-order valence-electron chi connectivity index (χ1n) is 16.9. The summed E-state index contributed by atoms with van der Waals surface area (Å²) < 4.78 is 6.25. The third-order valence-electron chi connectivity index (χ3n) is 11.5. The van der Waals surface area contributed by atoms with Gasteiger partial charge in [0.1, 0.15) is 23.5 Å². The predicted octanol–water partition coefficient (Wildman–Crippen LogP) is 5.40. The van der Waals surface area contributed by atoms with Crippen molar-refractivity contribution < 1.29 is 28.7 Å². The first kappa shape index (κ1) is 29.9. The van der Waals surface area contributed by atoms with Crippen LogP contribution in [0.15, 0.2) is 82.8 Å². The van der Waals surface area contributed by atoms with Crippen LogP contribution in [-0.2, 0) is 31.2 Å². The van der Waals surface area contributed by atoms with Crippen LogP contribution < -0.4 is 5.43 Å². The van der Waals surface area contributed by atoms with Crippen LogP contribution in [-0.4, -0.2) is 44.7 Å². The number of fused-ring (bicyclic) bond motifs is 4. The average Bonchev–Trinajstić information content (AvgIpc) is 3.74.